The van der Waals surface area contributed by atoms with Crippen molar-refractivity contribution >= 4 is 29.5 Å². The summed E-state index contributed by atoms with van der Waals surface area (Å²) in [4.78, 5) is 15.1. The molecular formula is C19H18ClF3N2OS. The molecule has 1 aliphatic rings. The van der Waals surface area contributed by atoms with E-state index in [-0.39, 0.29) is 21.7 Å². The number of halogens is 4. The number of carbonyl (C=O) groups excluding carboxylic acids is 1. The Balaban J connectivity index is 1.75. The maximum Gasteiger partial charge on any atom is 0.269 e. The maximum absolute atomic E-state index is 14.3. The van der Waals surface area contributed by atoms with E-state index in [1.807, 2.05) is 0 Å². The van der Waals surface area contributed by atoms with Crippen LogP contribution in [0.1, 0.15) is 42.5 Å². The fraction of sp³-hybridized carbons (Fsp3) is 0.316. The van der Waals surface area contributed by atoms with Gasteiger partial charge in [-0.3, -0.25) is 10.2 Å². The first-order valence-corrected chi connectivity index (χ1v) is 9.86. The lowest BCUT2D eigenvalue weighted by Crippen LogP contribution is -2.35. The number of benzene rings is 2. The van der Waals surface area contributed by atoms with Crippen LogP contribution >= 0.6 is 23.5 Å². The first kappa shape index (κ1) is 20.0. The van der Waals surface area contributed by atoms with Gasteiger partial charge in [0.1, 0.15) is 11.6 Å². The van der Waals surface area contributed by atoms with Gasteiger partial charge in [-0.25, -0.2) is 13.2 Å². The van der Waals surface area contributed by atoms with Gasteiger partial charge in [-0.2, -0.15) is 4.83 Å². The summed E-state index contributed by atoms with van der Waals surface area (Å²) in [6.45, 7) is 0. The lowest BCUT2D eigenvalue weighted by atomic mass is 10.0. The normalized spacial score (nSPS) is 15.0. The standard InChI is InChI=1S/C19H18ClF3N2OS/c20-17-9-12(11-6-13(21)10-14(22)7-11)8-16(18(17)23)19(26)24-25-27-15-4-2-1-3-5-15/h6-10,15,25H,1-5H2,(H,24,26). The van der Waals surface area contributed by atoms with Crippen LogP contribution < -0.4 is 10.3 Å². The summed E-state index contributed by atoms with van der Waals surface area (Å²) in [5.41, 5.74) is 2.54. The van der Waals surface area contributed by atoms with Crippen LogP contribution in [0.15, 0.2) is 30.3 Å². The summed E-state index contributed by atoms with van der Waals surface area (Å²) in [6.07, 6.45) is 5.66. The Labute approximate surface area is 164 Å². The summed E-state index contributed by atoms with van der Waals surface area (Å²) < 4.78 is 41.2. The summed E-state index contributed by atoms with van der Waals surface area (Å²) in [6, 6.07) is 5.36. The lowest BCUT2D eigenvalue weighted by molar-refractivity contribution is 0.0943. The first-order chi connectivity index (χ1) is 12.9. The van der Waals surface area contributed by atoms with E-state index in [0.717, 1.165) is 43.9 Å². The Morgan fingerprint density at radius 2 is 1.59 bits per heavy atom. The average molecular weight is 415 g/mol. The third-order valence-corrected chi connectivity index (χ3v) is 5.71. The first-order valence-electron chi connectivity index (χ1n) is 8.60. The monoisotopic (exact) mass is 414 g/mol. The fourth-order valence-electron chi connectivity index (χ4n) is 3.05. The van der Waals surface area contributed by atoms with E-state index in [2.05, 4.69) is 10.3 Å². The molecule has 0 saturated heterocycles. The van der Waals surface area contributed by atoms with Gasteiger partial charge >= 0.3 is 0 Å². The van der Waals surface area contributed by atoms with Crippen molar-refractivity contribution in [1.82, 2.24) is 10.3 Å². The van der Waals surface area contributed by atoms with E-state index in [4.69, 9.17) is 11.6 Å². The summed E-state index contributed by atoms with van der Waals surface area (Å²) in [7, 11) is 0. The van der Waals surface area contributed by atoms with Crippen molar-refractivity contribution < 1.29 is 18.0 Å². The van der Waals surface area contributed by atoms with Gasteiger partial charge < -0.3 is 0 Å². The van der Waals surface area contributed by atoms with E-state index in [1.54, 1.807) is 0 Å². The molecule has 144 valence electrons. The molecule has 2 aromatic carbocycles. The van der Waals surface area contributed by atoms with Crippen molar-refractivity contribution in [2.75, 3.05) is 0 Å². The number of amides is 1. The minimum atomic E-state index is -0.890. The molecule has 27 heavy (non-hydrogen) atoms. The third kappa shape index (κ3) is 5.18. The van der Waals surface area contributed by atoms with Crippen molar-refractivity contribution in [1.29, 1.82) is 0 Å². The van der Waals surface area contributed by atoms with Gasteiger partial charge in [0.25, 0.3) is 5.91 Å². The molecule has 0 spiro atoms. The van der Waals surface area contributed by atoms with Crippen molar-refractivity contribution in [3.63, 3.8) is 0 Å². The van der Waals surface area contributed by atoms with Crippen LogP contribution in [-0.2, 0) is 0 Å². The zero-order valence-electron chi connectivity index (χ0n) is 14.3. The number of carbonyl (C=O) groups is 1. The van der Waals surface area contributed by atoms with Crippen LogP contribution in [0, 0.1) is 17.5 Å². The molecule has 1 amide bonds. The van der Waals surface area contributed by atoms with Crippen LogP contribution in [0.25, 0.3) is 11.1 Å². The Hall–Kier alpha value is -1.70. The highest BCUT2D eigenvalue weighted by Gasteiger charge is 2.19. The summed E-state index contributed by atoms with van der Waals surface area (Å²) >= 11 is 7.28. The number of rotatable bonds is 5. The quantitative estimate of drug-likeness (QED) is 0.491. The molecule has 0 atom stereocenters. The van der Waals surface area contributed by atoms with E-state index in [1.165, 1.54) is 30.5 Å². The molecule has 1 saturated carbocycles. The fourth-order valence-corrected chi connectivity index (χ4v) is 4.16. The molecule has 8 heteroatoms. The Kier molecular flexibility index (Phi) is 6.68. The molecule has 0 aromatic heterocycles. The molecule has 0 heterocycles. The van der Waals surface area contributed by atoms with Gasteiger partial charge in [-0.1, -0.05) is 42.8 Å². The zero-order valence-corrected chi connectivity index (χ0v) is 15.9. The maximum atomic E-state index is 14.3. The molecule has 2 aromatic rings. The van der Waals surface area contributed by atoms with Crippen LogP contribution in [0.4, 0.5) is 13.2 Å². The smallest absolute Gasteiger partial charge is 0.269 e. The van der Waals surface area contributed by atoms with Crippen LogP contribution in [0.2, 0.25) is 5.02 Å². The van der Waals surface area contributed by atoms with Crippen LogP contribution in [-0.4, -0.2) is 11.2 Å². The molecular weight excluding hydrogens is 397 g/mol. The van der Waals surface area contributed by atoms with Crippen molar-refractivity contribution in [2.24, 2.45) is 0 Å². The van der Waals surface area contributed by atoms with Gasteiger partial charge in [-0.15, -0.1) is 0 Å². The molecule has 1 aliphatic carbocycles. The van der Waals surface area contributed by atoms with Gasteiger partial charge in [0.2, 0.25) is 0 Å². The third-order valence-electron chi connectivity index (χ3n) is 4.41. The predicted molar refractivity (Wildman–Crippen MR) is 102 cm³/mol. The Morgan fingerprint density at radius 1 is 0.963 bits per heavy atom. The van der Waals surface area contributed by atoms with Gasteiger partial charge in [0.15, 0.2) is 5.82 Å². The second-order valence-corrected chi connectivity index (χ2v) is 7.93. The molecule has 0 unspecified atom stereocenters. The largest absolute Gasteiger partial charge is 0.277 e. The molecule has 3 rings (SSSR count). The van der Waals surface area contributed by atoms with E-state index >= 15 is 0 Å². The second kappa shape index (κ2) is 8.99. The van der Waals surface area contributed by atoms with Gasteiger partial charge in [0.05, 0.1) is 10.6 Å². The minimum Gasteiger partial charge on any atom is -0.277 e. The van der Waals surface area contributed by atoms with Crippen LogP contribution in [0.3, 0.4) is 0 Å². The number of nitrogens with one attached hydrogen (secondary N) is 2. The molecule has 2 N–H and O–H groups in total. The number of hydrogen-bond donors (Lipinski definition) is 2. The zero-order chi connectivity index (χ0) is 19.4. The van der Waals surface area contributed by atoms with Crippen molar-refractivity contribution in [3.8, 4) is 11.1 Å². The van der Waals surface area contributed by atoms with Gasteiger partial charge in [-0.05, 0) is 48.2 Å². The van der Waals surface area contributed by atoms with Crippen molar-refractivity contribution in [3.05, 3.63) is 58.4 Å². The van der Waals surface area contributed by atoms with Crippen LogP contribution in [0.5, 0.6) is 0 Å². The molecule has 1 fully saturated rings. The number of hydrazine groups is 1. The van der Waals surface area contributed by atoms with E-state index in [9.17, 15) is 18.0 Å². The highest BCUT2D eigenvalue weighted by atomic mass is 35.5. The van der Waals surface area contributed by atoms with Crippen molar-refractivity contribution in [2.45, 2.75) is 37.4 Å². The predicted octanol–water partition coefficient (Wildman–Crippen LogP) is 5.64. The summed E-state index contributed by atoms with van der Waals surface area (Å²) in [5.74, 6) is -3.15. The minimum absolute atomic E-state index is 0.160. The number of hydrogen-bond acceptors (Lipinski definition) is 3. The molecule has 3 nitrogen and oxygen atoms in total. The average Bonchev–Trinajstić information content (AvgIpc) is 2.63. The van der Waals surface area contributed by atoms with Gasteiger partial charge in [0, 0.05) is 11.3 Å². The van der Waals surface area contributed by atoms with E-state index < -0.39 is 23.4 Å². The lowest BCUT2D eigenvalue weighted by Gasteiger charge is -2.21. The molecule has 0 bridgehead atoms. The molecule has 0 aliphatic heterocycles. The Bertz CT molecular complexity index is 824. The summed E-state index contributed by atoms with van der Waals surface area (Å²) in [5, 5.41) is 0.0938. The highest BCUT2D eigenvalue weighted by molar-refractivity contribution is 7.98. The Morgan fingerprint density at radius 3 is 2.26 bits per heavy atom. The second-order valence-electron chi connectivity index (χ2n) is 6.41. The molecule has 0 radical (unpaired) electrons. The highest BCUT2D eigenvalue weighted by Crippen LogP contribution is 2.29. The van der Waals surface area contributed by atoms with E-state index in [0.29, 0.717) is 5.25 Å². The SMILES string of the molecule is O=C(NNSC1CCCCC1)c1cc(-c2cc(F)cc(F)c2)cc(Cl)c1F. The topological polar surface area (TPSA) is 41.1 Å².